The van der Waals surface area contributed by atoms with Gasteiger partial charge in [-0.2, -0.15) is 5.26 Å². The summed E-state index contributed by atoms with van der Waals surface area (Å²) in [6, 6.07) is 2.09. The number of nitriles is 1. The van der Waals surface area contributed by atoms with Gasteiger partial charge in [0.25, 0.3) is 5.91 Å². The first-order chi connectivity index (χ1) is 9.95. The number of rotatable bonds is 6. The third kappa shape index (κ3) is 3.33. The van der Waals surface area contributed by atoms with Crippen LogP contribution >= 0.6 is 0 Å². The Labute approximate surface area is 124 Å². The van der Waals surface area contributed by atoms with Crippen molar-refractivity contribution in [2.45, 2.75) is 40.0 Å². The number of nitrogens with zero attached hydrogens (tertiary/aromatic N) is 2. The highest BCUT2D eigenvalue weighted by atomic mass is 16.2. The van der Waals surface area contributed by atoms with Crippen molar-refractivity contribution in [1.82, 2.24) is 9.88 Å². The predicted molar refractivity (Wildman–Crippen MR) is 79.1 cm³/mol. The number of nitrogens with one attached hydrogen (secondary N) is 1. The van der Waals surface area contributed by atoms with Gasteiger partial charge in [-0.1, -0.05) is 0 Å². The normalized spacial score (nSPS) is 13.8. The molecule has 0 unspecified atom stereocenters. The Morgan fingerprint density at radius 2 is 2.05 bits per heavy atom. The number of ketones is 1. The van der Waals surface area contributed by atoms with Crippen LogP contribution in [-0.2, 0) is 0 Å². The number of H-pyrrole nitrogens is 1. The van der Waals surface area contributed by atoms with E-state index in [2.05, 4.69) is 11.1 Å². The maximum atomic E-state index is 12.7. The Morgan fingerprint density at radius 1 is 1.38 bits per heavy atom. The van der Waals surface area contributed by atoms with Crippen LogP contribution in [0.2, 0.25) is 0 Å². The van der Waals surface area contributed by atoms with E-state index in [1.54, 1.807) is 18.7 Å². The lowest BCUT2D eigenvalue weighted by Crippen LogP contribution is -2.34. The van der Waals surface area contributed by atoms with Crippen LogP contribution in [0.5, 0.6) is 0 Å². The molecule has 1 amide bonds. The Bertz CT molecular complexity index is 606. The number of amides is 1. The zero-order chi connectivity index (χ0) is 15.6. The van der Waals surface area contributed by atoms with Crippen LogP contribution in [0.1, 0.15) is 58.3 Å². The largest absolute Gasteiger partial charge is 0.354 e. The van der Waals surface area contributed by atoms with Crippen molar-refractivity contribution in [3.05, 3.63) is 22.5 Å². The molecule has 1 saturated carbocycles. The number of carbonyl (C=O) groups is 2. The third-order valence-corrected chi connectivity index (χ3v) is 3.96. The Morgan fingerprint density at radius 3 is 2.52 bits per heavy atom. The number of Topliss-reactive ketones (excluding diaryl/α,β-unsaturated/α-hetero) is 1. The molecule has 1 aliphatic carbocycles. The van der Waals surface area contributed by atoms with E-state index in [0.717, 1.165) is 18.5 Å². The fraction of sp³-hybridized carbons (Fsp3) is 0.562. The highest BCUT2D eigenvalue weighted by Crippen LogP contribution is 2.30. The molecule has 1 aromatic heterocycles. The number of hydrogen-bond acceptors (Lipinski definition) is 3. The summed E-state index contributed by atoms with van der Waals surface area (Å²) >= 11 is 0. The van der Waals surface area contributed by atoms with Gasteiger partial charge < -0.3 is 9.88 Å². The summed E-state index contributed by atoms with van der Waals surface area (Å²) in [6.07, 6.45) is 2.63. The second-order valence-electron chi connectivity index (χ2n) is 5.78. The highest BCUT2D eigenvalue weighted by molar-refractivity contribution is 6.02. The summed E-state index contributed by atoms with van der Waals surface area (Å²) in [7, 11) is 0. The van der Waals surface area contributed by atoms with E-state index in [-0.39, 0.29) is 11.7 Å². The maximum Gasteiger partial charge on any atom is 0.270 e. The monoisotopic (exact) mass is 287 g/mol. The van der Waals surface area contributed by atoms with Gasteiger partial charge in [-0.05, 0) is 45.1 Å². The first kappa shape index (κ1) is 15.3. The van der Waals surface area contributed by atoms with Gasteiger partial charge in [0, 0.05) is 24.3 Å². The van der Waals surface area contributed by atoms with Gasteiger partial charge in [-0.15, -0.1) is 0 Å². The average molecular weight is 287 g/mol. The molecule has 1 aliphatic rings. The average Bonchev–Trinajstić information content (AvgIpc) is 3.18. The van der Waals surface area contributed by atoms with E-state index in [1.807, 2.05) is 0 Å². The molecule has 5 heteroatoms. The molecule has 0 atom stereocenters. The maximum absolute atomic E-state index is 12.7. The van der Waals surface area contributed by atoms with Crippen molar-refractivity contribution in [3.63, 3.8) is 0 Å². The molecule has 1 N–H and O–H groups in total. The van der Waals surface area contributed by atoms with Crippen LogP contribution in [0.4, 0.5) is 0 Å². The molecule has 0 radical (unpaired) electrons. The molecular formula is C16H21N3O2. The van der Waals surface area contributed by atoms with E-state index in [0.29, 0.717) is 42.2 Å². The molecule has 21 heavy (non-hydrogen) atoms. The molecule has 5 nitrogen and oxygen atoms in total. The first-order valence-electron chi connectivity index (χ1n) is 7.32. The molecule has 112 valence electrons. The molecule has 0 aromatic carbocycles. The molecule has 2 rings (SSSR count). The lowest BCUT2D eigenvalue weighted by molar-refractivity contribution is 0.0745. The topological polar surface area (TPSA) is 77.0 Å². The smallest absolute Gasteiger partial charge is 0.270 e. The fourth-order valence-electron chi connectivity index (χ4n) is 2.72. The Kier molecular flexibility index (Phi) is 4.46. The second-order valence-corrected chi connectivity index (χ2v) is 5.78. The Balaban J connectivity index is 2.25. The molecule has 0 bridgehead atoms. The van der Waals surface area contributed by atoms with E-state index >= 15 is 0 Å². The van der Waals surface area contributed by atoms with Crippen molar-refractivity contribution in [3.8, 4) is 6.07 Å². The summed E-state index contributed by atoms with van der Waals surface area (Å²) in [5, 5.41) is 8.75. The van der Waals surface area contributed by atoms with Crippen LogP contribution in [0.3, 0.4) is 0 Å². The molecule has 1 heterocycles. The summed E-state index contributed by atoms with van der Waals surface area (Å²) in [4.78, 5) is 29.2. The van der Waals surface area contributed by atoms with Crippen molar-refractivity contribution in [2.24, 2.45) is 5.92 Å². The van der Waals surface area contributed by atoms with Gasteiger partial charge in [0.1, 0.15) is 5.69 Å². The van der Waals surface area contributed by atoms with Crippen LogP contribution in [-0.4, -0.2) is 34.7 Å². The molecule has 1 aromatic rings. The van der Waals surface area contributed by atoms with E-state index < -0.39 is 0 Å². The van der Waals surface area contributed by atoms with E-state index in [9.17, 15) is 9.59 Å². The lowest BCUT2D eigenvalue weighted by Gasteiger charge is -2.21. The minimum absolute atomic E-state index is 0.0360. The van der Waals surface area contributed by atoms with Crippen LogP contribution in [0.25, 0.3) is 0 Å². The first-order valence-corrected chi connectivity index (χ1v) is 7.32. The van der Waals surface area contributed by atoms with Gasteiger partial charge in [0.05, 0.1) is 12.5 Å². The number of carbonyl (C=O) groups excluding carboxylic acids is 2. The fourth-order valence-corrected chi connectivity index (χ4v) is 2.72. The van der Waals surface area contributed by atoms with Gasteiger partial charge in [-0.3, -0.25) is 9.59 Å². The molecular weight excluding hydrogens is 266 g/mol. The third-order valence-electron chi connectivity index (χ3n) is 3.96. The van der Waals surface area contributed by atoms with Gasteiger partial charge >= 0.3 is 0 Å². The summed E-state index contributed by atoms with van der Waals surface area (Å²) in [6.45, 7) is 6.26. The van der Waals surface area contributed by atoms with E-state index in [4.69, 9.17) is 5.26 Å². The zero-order valence-electron chi connectivity index (χ0n) is 12.8. The summed E-state index contributed by atoms with van der Waals surface area (Å²) in [5.74, 6) is 0.424. The standard InChI is InChI=1S/C16H21N3O2/c1-10-14(12(3)20)11(2)18-15(10)16(21)19(8-4-7-17)9-13-5-6-13/h13,18H,4-6,8-9H2,1-3H3. The van der Waals surface area contributed by atoms with Crippen LogP contribution < -0.4 is 0 Å². The van der Waals surface area contributed by atoms with Crippen molar-refractivity contribution in [1.29, 1.82) is 5.26 Å². The number of hydrogen-bond donors (Lipinski definition) is 1. The van der Waals surface area contributed by atoms with Crippen molar-refractivity contribution >= 4 is 11.7 Å². The zero-order valence-corrected chi connectivity index (χ0v) is 12.8. The van der Waals surface area contributed by atoms with Crippen molar-refractivity contribution in [2.75, 3.05) is 13.1 Å². The quantitative estimate of drug-likeness (QED) is 0.817. The van der Waals surface area contributed by atoms with Crippen LogP contribution in [0.15, 0.2) is 0 Å². The molecule has 0 aliphatic heterocycles. The molecule has 1 fully saturated rings. The summed E-state index contributed by atoms with van der Waals surface area (Å²) in [5.41, 5.74) is 2.53. The van der Waals surface area contributed by atoms with Crippen LogP contribution in [0, 0.1) is 31.1 Å². The SMILES string of the molecule is CC(=O)c1c(C)[nH]c(C(=O)N(CCC#N)CC2CC2)c1C. The number of aryl methyl sites for hydroxylation is 1. The van der Waals surface area contributed by atoms with Crippen molar-refractivity contribution < 1.29 is 9.59 Å². The Hall–Kier alpha value is -2.09. The minimum Gasteiger partial charge on any atom is -0.354 e. The number of aromatic nitrogens is 1. The van der Waals surface area contributed by atoms with E-state index in [1.165, 1.54) is 6.92 Å². The number of aromatic amines is 1. The lowest BCUT2D eigenvalue weighted by atomic mass is 10.1. The summed E-state index contributed by atoms with van der Waals surface area (Å²) < 4.78 is 0. The molecule has 0 spiro atoms. The highest BCUT2D eigenvalue weighted by Gasteiger charge is 2.29. The minimum atomic E-state index is -0.106. The van der Waals surface area contributed by atoms with Gasteiger partial charge in [0.2, 0.25) is 0 Å². The van der Waals surface area contributed by atoms with Gasteiger partial charge in [0.15, 0.2) is 5.78 Å². The predicted octanol–water partition coefficient (Wildman–Crippen LogP) is 2.60. The van der Waals surface area contributed by atoms with Gasteiger partial charge in [-0.25, -0.2) is 0 Å². The second kappa shape index (κ2) is 6.13. The molecule has 0 saturated heterocycles.